The molecule has 0 fully saturated rings. The number of nitrogens with two attached hydrogens (primary N) is 1. The Kier molecular flexibility index (Phi) is 3.99. The van der Waals surface area contributed by atoms with Gasteiger partial charge in [-0.05, 0) is 31.0 Å². The summed E-state index contributed by atoms with van der Waals surface area (Å²) in [6.45, 7) is 4.01. The molecule has 1 aromatic carbocycles. The SMILES string of the molecule is CCC(N)Cc1noc(-c2ccc(C)cc2Cl)n1. The van der Waals surface area contributed by atoms with E-state index in [1.54, 1.807) is 0 Å². The van der Waals surface area contributed by atoms with Crippen molar-refractivity contribution in [3.63, 3.8) is 0 Å². The van der Waals surface area contributed by atoms with Crippen molar-refractivity contribution in [1.82, 2.24) is 10.1 Å². The number of rotatable bonds is 4. The minimum absolute atomic E-state index is 0.0592. The molecule has 0 saturated heterocycles. The highest BCUT2D eigenvalue weighted by Crippen LogP contribution is 2.27. The Morgan fingerprint density at radius 1 is 1.44 bits per heavy atom. The largest absolute Gasteiger partial charge is 0.334 e. The summed E-state index contributed by atoms with van der Waals surface area (Å²) in [7, 11) is 0. The van der Waals surface area contributed by atoms with Gasteiger partial charge in [0.15, 0.2) is 5.82 Å². The number of hydrogen-bond donors (Lipinski definition) is 1. The highest BCUT2D eigenvalue weighted by atomic mass is 35.5. The molecule has 5 heteroatoms. The fraction of sp³-hybridized carbons (Fsp3) is 0.385. The molecule has 0 radical (unpaired) electrons. The van der Waals surface area contributed by atoms with Gasteiger partial charge in [-0.2, -0.15) is 4.98 Å². The second-order valence-corrected chi connectivity index (χ2v) is 4.78. The third-order valence-corrected chi connectivity index (χ3v) is 3.10. The van der Waals surface area contributed by atoms with Gasteiger partial charge < -0.3 is 10.3 Å². The molecule has 1 heterocycles. The summed E-state index contributed by atoms with van der Waals surface area (Å²) in [6, 6.07) is 5.78. The summed E-state index contributed by atoms with van der Waals surface area (Å²) < 4.78 is 5.22. The molecule has 2 N–H and O–H groups in total. The molecule has 1 unspecified atom stereocenters. The molecule has 2 rings (SSSR count). The zero-order chi connectivity index (χ0) is 13.1. The molecule has 0 amide bonds. The van der Waals surface area contributed by atoms with E-state index in [0.717, 1.165) is 17.5 Å². The molecule has 0 saturated carbocycles. The second-order valence-electron chi connectivity index (χ2n) is 4.37. The van der Waals surface area contributed by atoms with E-state index >= 15 is 0 Å². The Labute approximate surface area is 111 Å². The first-order valence-corrected chi connectivity index (χ1v) is 6.32. The lowest BCUT2D eigenvalue weighted by Gasteiger charge is -2.02. The zero-order valence-electron chi connectivity index (χ0n) is 10.5. The lowest BCUT2D eigenvalue weighted by atomic mass is 10.1. The molecular formula is C13H16ClN3O. The van der Waals surface area contributed by atoms with Gasteiger partial charge >= 0.3 is 0 Å². The summed E-state index contributed by atoms with van der Waals surface area (Å²) in [6.07, 6.45) is 1.50. The van der Waals surface area contributed by atoms with Crippen LogP contribution in [0.2, 0.25) is 5.02 Å². The number of halogens is 1. The van der Waals surface area contributed by atoms with Crippen LogP contribution in [0.1, 0.15) is 24.7 Å². The average molecular weight is 266 g/mol. The normalized spacial score (nSPS) is 12.7. The van der Waals surface area contributed by atoms with Crippen LogP contribution < -0.4 is 5.73 Å². The van der Waals surface area contributed by atoms with Crippen molar-refractivity contribution >= 4 is 11.6 Å². The molecule has 0 spiro atoms. The van der Waals surface area contributed by atoms with Crippen LogP contribution >= 0.6 is 11.6 Å². The standard InChI is InChI=1S/C13H16ClN3O/c1-3-9(15)7-12-16-13(18-17-12)10-5-4-8(2)6-11(10)14/h4-6,9H,3,7,15H2,1-2H3. The van der Waals surface area contributed by atoms with Crippen LogP contribution in [0.4, 0.5) is 0 Å². The lowest BCUT2D eigenvalue weighted by Crippen LogP contribution is -2.21. The predicted molar refractivity (Wildman–Crippen MR) is 71.5 cm³/mol. The molecule has 0 bridgehead atoms. The van der Waals surface area contributed by atoms with Crippen molar-refractivity contribution in [3.8, 4) is 11.5 Å². The zero-order valence-corrected chi connectivity index (χ0v) is 11.2. The van der Waals surface area contributed by atoms with Gasteiger partial charge in [-0.3, -0.25) is 0 Å². The molecule has 0 aliphatic carbocycles. The number of aromatic nitrogens is 2. The third kappa shape index (κ3) is 2.89. The molecule has 2 aromatic rings. The fourth-order valence-electron chi connectivity index (χ4n) is 1.62. The summed E-state index contributed by atoms with van der Waals surface area (Å²) in [5, 5.41) is 4.54. The minimum Gasteiger partial charge on any atom is -0.334 e. The van der Waals surface area contributed by atoms with Gasteiger partial charge in [-0.1, -0.05) is 29.7 Å². The van der Waals surface area contributed by atoms with Gasteiger partial charge in [0.1, 0.15) is 0 Å². The second kappa shape index (κ2) is 5.50. The molecule has 96 valence electrons. The van der Waals surface area contributed by atoms with Crippen molar-refractivity contribution in [3.05, 3.63) is 34.6 Å². The first kappa shape index (κ1) is 13.1. The van der Waals surface area contributed by atoms with Gasteiger partial charge in [0, 0.05) is 12.5 Å². The first-order chi connectivity index (χ1) is 8.60. The van der Waals surface area contributed by atoms with Gasteiger partial charge in [-0.15, -0.1) is 0 Å². The van der Waals surface area contributed by atoms with Crippen molar-refractivity contribution in [1.29, 1.82) is 0 Å². The van der Waals surface area contributed by atoms with Crippen molar-refractivity contribution in [2.45, 2.75) is 32.7 Å². The summed E-state index contributed by atoms with van der Waals surface area (Å²) in [4.78, 5) is 4.32. The summed E-state index contributed by atoms with van der Waals surface area (Å²) >= 11 is 6.15. The molecular weight excluding hydrogens is 250 g/mol. The van der Waals surface area contributed by atoms with Crippen LogP contribution in [-0.2, 0) is 6.42 Å². The molecule has 1 atom stereocenters. The third-order valence-electron chi connectivity index (χ3n) is 2.79. The lowest BCUT2D eigenvalue weighted by molar-refractivity contribution is 0.419. The van der Waals surface area contributed by atoms with E-state index in [1.165, 1.54) is 0 Å². The Morgan fingerprint density at radius 3 is 2.89 bits per heavy atom. The van der Waals surface area contributed by atoms with Crippen LogP contribution in [0.25, 0.3) is 11.5 Å². The highest BCUT2D eigenvalue weighted by molar-refractivity contribution is 6.33. The minimum atomic E-state index is 0.0592. The Hall–Kier alpha value is -1.39. The number of benzene rings is 1. The Balaban J connectivity index is 2.24. The van der Waals surface area contributed by atoms with Crippen LogP contribution in [0.3, 0.4) is 0 Å². The van der Waals surface area contributed by atoms with Gasteiger partial charge in [-0.25, -0.2) is 0 Å². The maximum atomic E-state index is 6.15. The topological polar surface area (TPSA) is 64.9 Å². The van der Waals surface area contributed by atoms with E-state index in [0.29, 0.717) is 23.2 Å². The highest BCUT2D eigenvalue weighted by Gasteiger charge is 2.13. The Bertz CT molecular complexity index is 539. The van der Waals surface area contributed by atoms with Gasteiger partial charge in [0.2, 0.25) is 0 Å². The fourth-order valence-corrected chi connectivity index (χ4v) is 1.93. The number of hydrogen-bond acceptors (Lipinski definition) is 4. The number of nitrogens with zero attached hydrogens (tertiary/aromatic N) is 2. The Morgan fingerprint density at radius 2 is 2.22 bits per heavy atom. The van der Waals surface area contributed by atoms with Crippen LogP contribution in [0, 0.1) is 6.92 Å². The first-order valence-electron chi connectivity index (χ1n) is 5.95. The monoisotopic (exact) mass is 265 g/mol. The maximum absolute atomic E-state index is 6.15. The van der Waals surface area contributed by atoms with Gasteiger partial charge in [0.05, 0.1) is 10.6 Å². The van der Waals surface area contributed by atoms with Crippen molar-refractivity contribution in [2.75, 3.05) is 0 Å². The van der Waals surface area contributed by atoms with Crippen LogP contribution in [0.15, 0.2) is 22.7 Å². The van der Waals surface area contributed by atoms with Crippen molar-refractivity contribution in [2.24, 2.45) is 5.73 Å². The molecule has 1 aromatic heterocycles. The van der Waals surface area contributed by atoms with E-state index in [-0.39, 0.29) is 6.04 Å². The van der Waals surface area contributed by atoms with Crippen LogP contribution in [-0.4, -0.2) is 16.2 Å². The maximum Gasteiger partial charge on any atom is 0.259 e. The van der Waals surface area contributed by atoms with E-state index in [4.69, 9.17) is 21.9 Å². The van der Waals surface area contributed by atoms with E-state index < -0.39 is 0 Å². The van der Waals surface area contributed by atoms with E-state index in [1.807, 2.05) is 32.0 Å². The molecule has 18 heavy (non-hydrogen) atoms. The number of aryl methyl sites for hydroxylation is 1. The van der Waals surface area contributed by atoms with E-state index in [2.05, 4.69) is 10.1 Å². The van der Waals surface area contributed by atoms with Crippen molar-refractivity contribution < 1.29 is 4.52 Å². The van der Waals surface area contributed by atoms with Gasteiger partial charge in [0.25, 0.3) is 5.89 Å². The summed E-state index contributed by atoms with van der Waals surface area (Å²) in [5.74, 6) is 1.06. The molecule has 0 aliphatic rings. The predicted octanol–water partition coefficient (Wildman–Crippen LogP) is 2.98. The quantitative estimate of drug-likeness (QED) is 0.923. The van der Waals surface area contributed by atoms with Crippen LogP contribution in [0.5, 0.6) is 0 Å². The molecule has 4 nitrogen and oxygen atoms in total. The smallest absolute Gasteiger partial charge is 0.259 e. The van der Waals surface area contributed by atoms with E-state index in [9.17, 15) is 0 Å². The molecule has 0 aliphatic heterocycles. The summed E-state index contributed by atoms with van der Waals surface area (Å²) in [5.41, 5.74) is 7.70. The average Bonchev–Trinajstić information content (AvgIpc) is 2.77.